The Balaban J connectivity index is 2.61. The summed E-state index contributed by atoms with van der Waals surface area (Å²) in [5, 5.41) is 3.50. The van der Waals surface area contributed by atoms with Gasteiger partial charge in [-0.3, -0.25) is 0 Å². The third-order valence-corrected chi connectivity index (χ3v) is 2.40. The summed E-state index contributed by atoms with van der Waals surface area (Å²) in [4.78, 5) is 8.31. The first-order valence-corrected chi connectivity index (χ1v) is 4.52. The number of nitrogens with zero attached hydrogens (tertiary/aromatic N) is 2. The van der Waals surface area contributed by atoms with E-state index in [1.54, 1.807) is 6.33 Å². The van der Waals surface area contributed by atoms with E-state index in [0.29, 0.717) is 0 Å². The normalized spacial score (nSPS) is 10.9. The monoisotopic (exact) mass is 180 g/mol. The maximum Gasteiger partial charge on any atom is 0.116 e. The molecule has 0 saturated heterocycles. The molecule has 2 heteroatoms. The van der Waals surface area contributed by atoms with Crippen LogP contribution in [0.1, 0.15) is 0 Å². The Morgan fingerprint density at radius 2 is 1.71 bits per heavy atom. The summed E-state index contributed by atoms with van der Waals surface area (Å²) in [7, 11) is 0. The number of hydrogen-bond acceptors (Lipinski definition) is 2. The topological polar surface area (TPSA) is 25.8 Å². The summed E-state index contributed by atoms with van der Waals surface area (Å²) in [6.07, 6.45) is 3.43. The second kappa shape index (κ2) is 2.77. The molecule has 0 atom stereocenters. The van der Waals surface area contributed by atoms with E-state index in [2.05, 4.69) is 34.2 Å². The number of aromatic nitrogens is 2. The third kappa shape index (κ3) is 0.973. The predicted octanol–water partition coefficient (Wildman–Crippen LogP) is 2.78. The highest BCUT2D eigenvalue weighted by Crippen LogP contribution is 2.21. The molecular formula is C12H8N2. The Bertz CT molecular complexity index is 547. The Morgan fingerprint density at radius 1 is 0.857 bits per heavy atom. The van der Waals surface area contributed by atoms with E-state index in [-0.39, 0.29) is 0 Å². The molecule has 0 fully saturated rings. The van der Waals surface area contributed by atoms with Crippen LogP contribution in [0, 0.1) is 0 Å². The van der Waals surface area contributed by atoms with Crippen LogP contribution in [0.5, 0.6) is 0 Å². The van der Waals surface area contributed by atoms with E-state index in [9.17, 15) is 0 Å². The fourth-order valence-electron chi connectivity index (χ4n) is 1.72. The van der Waals surface area contributed by atoms with E-state index in [1.165, 1.54) is 10.8 Å². The predicted molar refractivity (Wildman–Crippen MR) is 57.0 cm³/mol. The Morgan fingerprint density at radius 3 is 2.71 bits per heavy atom. The van der Waals surface area contributed by atoms with Crippen molar-refractivity contribution in [1.82, 2.24) is 9.97 Å². The molecule has 0 N–H and O–H groups in total. The van der Waals surface area contributed by atoms with E-state index in [1.807, 2.05) is 18.3 Å². The van der Waals surface area contributed by atoms with Gasteiger partial charge in [-0.25, -0.2) is 9.97 Å². The maximum atomic E-state index is 4.30. The van der Waals surface area contributed by atoms with E-state index < -0.39 is 0 Å². The molecule has 3 rings (SSSR count). The number of benzene rings is 2. The summed E-state index contributed by atoms with van der Waals surface area (Å²) in [6, 6.07) is 12.4. The molecule has 0 saturated carbocycles. The summed E-state index contributed by atoms with van der Waals surface area (Å²) in [6.45, 7) is 0. The van der Waals surface area contributed by atoms with Crippen LogP contribution in [0.3, 0.4) is 0 Å². The lowest BCUT2D eigenvalue weighted by atomic mass is 10.1. The molecule has 0 aliphatic rings. The highest BCUT2D eigenvalue weighted by Gasteiger charge is 1.99. The molecule has 1 heterocycles. The zero-order valence-corrected chi connectivity index (χ0v) is 7.51. The zero-order chi connectivity index (χ0) is 9.38. The standard InChI is InChI=1S/C12H8N2/c1-2-4-11-9(3-1)5-6-10-7-13-8-14-12(10)11/h1-8H. The Labute approximate surface area is 81.2 Å². The average molecular weight is 180 g/mol. The van der Waals surface area contributed by atoms with Crippen molar-refractivity contribution in [3.05, 3.63) is 48.9 Å². The molecule has 66 valence electrons. The first kappa shape index (κ1) is 7.44. The van der Waals surface area contributed by atoms with E-state index in [4.69, 9.17) is 0 Å². The molecule has 0 unspecified atom stereocenters. The molecular weight excluding hydrogens is 172 g/mol. The lowest BCUT2D eigenvalue weighted by molar-refractivity contribution is 1.23. The van der Waals surface area contributed by atoms with Crippen LogP contribution in [0.2, 0.25) is 0 Å². The molecule has 2 nitrogen and oxygen atoms in total. The molecule has 0 aliphatic heterocycles. The average Bonchev–Trinajstić information content (AvgIpc) is 2.29. The first-order chi connectivity index (χ1) is 6.95. The van der Waals surface area contributed by atoms with Crippen molar-refractivity contribution in [2.24, 2.45) is 0 Å². The van der Waals surface area contributed by atoms with Gasteiger partial charge in [-0.15, -0.1) is 0 Å². The van der Waals surface area contributed by atoms with Gasteiger partial charge in [0.2, 0.25) is 0 Å². The second-order valence-electron chi connectivity index (χ2n) is 3.25. The molecule has 14 heavy (non-hydrogen) atoms. The summed E-state index contributed by atoms with van der Waals surface area (Å²) in [5.74, 6) is 0. The van der Waals surface area contributed by atoms with Gasteiger partial charge in [0, 0.05) is 17.0 Å². The van der Waals surface area contributed by atoms with Crippen molar-refractivity contribution in [1.29, 1.82) is 0 Å². The minimum absolute atomic E-state index is 1.03. The molecule has 1 aromatic heterocycles. The SMILES string of the molecule is c1ccc2c(c1)ccc1cncnc12. The smallest absolute Gasteiger partial charge is 0.116 e. The summed E-state index contributed by atoms with van der Waals surface area (Å²) < 4.78 is 0. The lowest BCUT2D eigenvalue weighted by Gasteiger charge is -2.00. The van der Waals surface area contributed by atoms with Crippen molar-refractivity contribution in [2.75, 3.05) is 0 Å². The zero-order valence-electron chi connectivity index (χ0n) is 7.51. The maximum absolute atomic E-state index is 4.30. The molecule has 0 bridgehead atoms. The van der Waals surface area contributed by atoms with Gasteiger partial charge in [0.25, 0.3) is 0 Å². The molecule has 0 radical (unpaired) electrons. The van der Waals surface area contributed by atoms with Crippen molar-refractivity contribution in [3.8, 4) is 0 Å². The highest BCUT2D eigenvalue weighted by molar-refractivity contribution is 6.04. The van der Waals surface area contributed by atoms with E-state index >= 15 is 0 Å². The van der Waals surface area contributed by atoms with E-state index in [0.717, 1.165) is 10.9 Å². The largest absolute Gasteiger partial charge is 0.244 e. The van der Waals surface area contributed by atoms with Crippen molar-refractivity contribution < 1.29 is 0 Å². The number of fused-ring (bicyclic) bond motifs is 3. The van der Waals surface area contributed by atoms with Gasteiger partial charge >= 0.3 is 0 Å². The quantitative estimate of drug-likeness (QED) is 0.497. The van der Waals surface area contributed by atoms with Gasteiger partial charge in [-0.2, -0.15) is 0 Å². The van der Waals surface area contributed by atoms with Crippen LogP contribution < -0.4 is 0 Å². The molecule has 2 aromatic carbocycles. The minimum atomic E-state index is 1.03. The van der Waals surface area contributed by atoms with Crippen LogP contribution in [0.25, 0.3) is 21.7 Å². The Hall–Kier alpha value is -1.96. The van der Waals surface area contributed by atoms with Gasteiger partial charge in [-0.1, -0.05) is 36.4 Å². The van der Waals surface area contributed by atoms with Crippen molar-refractivity contribution >= 4 is 21.7 Å². The van der Waals surface area contributed by atoms with Crippen LogP contribution in [-0.4, -0.2) is 9.97 Å². The van der Waals surface area contributed by atoms with Gasteiger partial charge in [0.15, 0.2) is 0 Å². The molecule has 0 spiro atoms. The fourth-order valence-corrected chi connectivity index (χ4v) is 1.72. The molecule has 0 amide bonds. The van der Waals surface area contributed by atoms with Crippen molar-refractivity contribution in [2.45, 2.75) is 0 Å². The van der Waals surface area contributed by atoms with Crippen molar-refractivity contribution in [3.63, 3.8) is 0 Å². The summed E-state index contributed by atoms with van der Waals surface area (Å²) >= 11 is 0. The van der Waals surface area contributed by atoms with Crippen LogP contribution in [-0.2, 0) is 0 Å². The third-order valence-electron chi connectivity index (χ3n) is 2.40. The number of hydrogen-bond donors (Lipinski definition) is 0. The lowest BCUT2D eigenvalue weighted by Crippen LogP contribution is -1.82. The number of rotatable bonds is 0. The highest BCUT2D eigenvalue weighted by atomic mass is 14.8. The fraction of sp³-hybridized carbons (Fsp3) is 0. The minimum Gasteiger partial charge on any atom is -0.244 e. The van der Waals surface area contributed by atoms with Crippen LogP contribution in [0.4, 0.5) is 0 Å². The molecule has 3 aromatic rings. The summed E-state index contributed by atoms with van der Waals surface area (Å²) in [5.41, 5.74) is 1.03. The second-order valence-corrected chi connectivity index (χ2v) is 3.25. The van der Waals surface area contributed by atoms with Crippen LogP contribution in [0.15, 0.2) is 48.9 Å². The van der Waals surface area contributed by atoms with Gasteiger partial charge < -0.3 is 0 Å². The van der Waals surface area contributed by atoms with Gasteiger partial charge in [0.05, 0.1) is 5.52 Å². The molecule has 0 aliphatic carbocycles. The Kier molecular flexibility index (Phi) is 1.47. The first-order valence-electron chi connectivity index (χ1n) is 4.52. The van der Waals surface area contributed by atoms with Gasteiger partial charge in [0.1, 0.15) is 6.33 Å². The van der Waals surface area contributed by atoms with Crippen LogP contribution >= 0.6 is 0 Å². The van der Waals surface area contributed by atoms with Gasteiger partial charge in [-0.05, 0) is 5.39 Å².